The Balaban J connectivity index is 1.97. The Kier molecular flexibility index (Phi) is 6.27. The monoisotopic (exact) mass is 366 g/mol. The van der Waals surface area contributed by atoms with Crippen molar-refractivity contribution in [1.29, 1.82) is 0 Å². The third-order valence-corrected chi connectivity index (χ3v) is 5.23. The second-order valence-electron chi connectivity index (χ2n) is 5.35. The van der Waals surface area contributed by atoms with Gasteiger partial charge in [-0.1, -0.05) is 19.1 Å². The van der Waals surface area contributed by atoms with Crippen LogP contribution in [0.5, 0.6) is 0 Å². The van der Waals surface area contributed by atoms with Gasteiger partial charge in [-0.2, -0.15) is 0 Å². The van der Waals surface area contributed by atoms with Gasteiger partial charge in [-0.15, -0.1) is 11.3 Å². The fraction of sp³-hybridized carbons (Fsp3) is 0.412. The molecule has 0 amide bonds. The van der Waals surface area contributed by atoms with Gasteiger partial charge in [-0.05, 0) is 59.6 Å². The minimum atomic E-state index is 0.414. The van der Waals surface area contributed by atoms with Crippen molar-refractivity contribution in [2.24, 2.45) is 0 Å². The lowest BCUT2D eigenvalue weighted by molar-refractivity contribution is 0.571. The van der Waals surface area contributed by atoms with Gasteiger partial charge in [0.05, 0.1) is 6.54 Å². The van der Waals surface area contributed by atoms with Crippen LogP contribution >= 0.6 is 27.3 Å². The average Bonchev–Trinajstić information content (AvgIpc) is 2.90. The Morgan fingerprint density at radius 2 is 2.00 bits per heavy atom. The van der Waals surface area contributed by atoms with Crippen LogP contribution in [0.3, 0.4) is 0 Å². The summed E-state index contributed by atoms with van der Waals surface area (Å²) in [6.07, 6.45) is 1.17. The number of nitrogens with one attached hydrogen (secondary N) is 1. The number of anilines is 1. The highest BCUT2D eigenvalue weighted by atomic mass is 79.9. The third kappa shape index (κ3) is 4.83. The van der Waals surface area contributed by atoms with E-state index in [1.807, 2.05) is 0 Å². The van der Waals surface area contributed by atoms with E-state index in [1.54, 1.807) is 11.3 Å². The summed E-state index contributed by atoms with van der Waals surface area (Å²) in [5, 5.41) is 5.65. The van der Waals surface area contributed by atoms with Crippen LogP contribution in [0.4, 0.5) is 5.69 Å². The molecule has 0 bridgehead atoms. The molecule has 2 rings (SSSR count). The topological polar surface area (TPSA) is 15.3 Å². The quantitative estimate of drug-likeness (QED) is 0.723. The number of hydrogen-bond donors (Lipinski definition) is 1. The van der Waals surface area contributed by atoms with Crippen LogP contribution in [0.25, 0.3) is 0 Å². The molecule has 0 saturated heterocycles. The lowest BCUT2D eigenvalue weighted by atomic mass is 10.1. The van der Waals surface area contributed by atoms with E-state index in [-0.39, 0.29) is 0 Å². The van der Waals surface area contributed by atoms with Gasteiger partial charge < -0.3 is 10.2 Å². The summed E-state index contributed by atoms with van der Waals surface area (Å²) in [5.74, 6) is 0. The van der Waals surface area contributed by atoms with E-state index in [0.717, 1.165) is 13.1 Å². The molecule has 0 aliphatic carbocycles. The fourth-order valence-corrected chi connectivity index (χ4v) is 3.76. The first-order valence-corrected chi connectivity index (χ1v) is 9.04. The van der Waals surface area contributed by atoms with E-state index in [0.29, 0.717) is 6.04 Å². The van der Waals surface area contributed by atoms with Crippen LogP contribution in [-0.4, -0.2) is 13.6 Å². The Hall–Kier alpha value is -0.840. The van der Waals surface area contributed by atoms with E-state index in [4.69, 9.17) is 0 Å². The van der Waals surface area contributed by atoms with Gasteiger partial charge >= 0.3 is 0 Å². The first kappa shape index (κ1) is 16.5. The molecule has 0 spiro atoms. The second-order valence-corrected chi connectivity index (χ2v) is 7.27. The van der Waals surface area contributed by atoms with E-state index >= 15 is 0 Å². The molecule has 0 fully saturated rings. The number of rotatable bonds is 7. The molecule has 0 radical (unpaired) electrons. The largest absolute Gasteiger partial charge is 0.369 e. The maximum absolute atomic E-state index is 3.52. The Morgan fingerprint density at radius 3 is 2.57 bits per heavy atom. The van der Waals surface area contributed by atoms with Crippen LogP contribution in [-0.2, 0) is 6.54 Å². The molecule has 21 heavy (non-hydrogen) atoms. The number of benzene rings is 1. The molecule has 1 unspecified atom stereocenters. The van der Waals surface area contributed by atoms with Gasteiger partial charge in [0.1, 0.15) is 0 Å². The van der Waals surface area contributed by atoms with Gasteiger partial charge in [-0.25, -0.2) is 0 Å². The Bertz CT molecular complexity index is 550. The molecule has 114 valence electrons. The smallest absolute Gasteiger partial charge is 0.0519 e. The predicted molar refractivity (Wildman–Crippen MR) is 97.3 cm³/mol. The van der Waals surface area contributed by atoms with Crippen LogP contribution < -0.4 is 10.2 Å². The molecule has 0 aliphatic rings. The summed E-state index contributed by atoms with van der Waals surface area (Å²) in [4.78, 5) is 3.65. The molecular weight excluding hydrogens is 344 g/mol. The maximum Gasteiger partial charge on any atom is 0.0519 e. The number of thiophene rings is 1. The van der Waals surface area contributed by atoms with E-state index in [9.17, 15) is 0 Å². The number of halogens is 1. The van der Waals surface area contributed by atoms with Crippen molar-refractivity contribution >= 4 is 33.0 Å². The van der Waals surface area contributed by atoms with Crippen LogP contribution in [0.15, 0.2) is 40.2 Å². The lowest BCUT2D eigenvalue weighted by Gasteiger charge is -2.20. The maximum atomic E-state index is 3.52. The summed E-state index contributed by atoms with van der Waals surface area (Å²) in [7, 11) is 2.14. The zero-order chi connectivity index (χ0) is 15.2. The second kappa shape index (κ2) is 7.97. The Morgan fingerprint density at radius 1 is 1.29 bits per heavy atom. The first-order chi connectivity index (χ1) is 10.1. The fourth-order valence-electron chi connectivity index (χ4n) is 2.26. The third-order valence-electron chi connectivity index (χ3n) is 3.55. The zero-order valence-electron chi connectivity index (χ0n) is 12.9. The standard InChI is InChI=1S/C17H23BrN2S/c1-4-9-19-13(2)14-5-7-16(8-6-14)20(3)11-17-10-15(18)12-21-17/h5-8,10,12-13,19H,4,9,11H2,1-3H3. The molecule has 2 aromatic rings. The normalized spacial score (nSPS) is 12.4. The van der Waals surface area contributed by atoms with Gasteiger partial charge in [0, 0.05) is 33.5 Å². The molecule has 2 nitrogen and oxygen atoms in total. The minimum Gasteiger partial charge on any atom is -0.369 e. The van der Waals surface area contributed by atoms with Crippen molar-refractivity contribution < 1.29 is 0 Å². The molecule has 1 aromatic heterocycles. The molecule has 0 aliphatic heterocycles. The highest BCUT2D eigenvalue weighted by Crippen LogP contribution is 2.24. The van der Waals surface area contributed by atoms with Crippen molar-refractivity contribution in [3.05, 3.63) is 50.6 Å². The van der Waals surface area contributed by atoms with Gasteiger partial charge in [0.25, 0.3) is 0 Å². The molecule has 0 saturated carbocycles. The van der Waals surface area contributed by atoms with Crippen LogP contribution in [0, 0.1) is 0 Å². The summed E-state index contributed by atoms with van der Waals surface area (Å²) in [5.41, 5.74) is 2.60. The minimum absolute atomic E-state index is 0.414. The van der Waals surface area contributed by atoms with Crippen molar-refractivity contribution in [3.63, 3.8) is 0 Å². The highest BCUT2D eigenvalue weighted by molar-refractivity contribution is 9.10. The zero-order valence-corrected chi connectivity index (χ0v) is 15.3. The molecule has 1 N–H and O–H groups in total. The number of nitrogens with zero attached hydrogens (tertiary/aromatic N) is 1. The summed E-state index contributed by atoms with van der Waals surface area (Å²) in [6.45, 7) is 6.42. The van der Waals surface area contributed by atoms with E-state index in [1.165, 1.54) is 27.0 Å². The summed E-state index contributed by atoms with van der Waals surface area (Å²) < 4.78 is 1.17. The highest BCUT2D eigenvalue weighted by Gasteiger charge is 2.07. The summed E-state index contributed by atoms with van der Waals surface area (Å²) in [6, 6.07) is 11.5. The molecule has 4 heteroatoms. The van der Waals surface area contributed by atoms with Crippen LogP contribution in [0.2, 0.25) is 0 Å². The predicted octanol–water partition coefficient (Wildman–Crippen LogP) is 5.21. The van der Waals surface area contributed by atoms with E-state index < -0.39 is 0 Å². The SMILES string of the molecule is CCCNC(C)c1ccc(N(C)Cc2cc(Br)cs2)cc1. The van der Waals surface area contributed by atoms with Crippen molar-refractivity contribution in [3.8, 4) is 0 Å². The average molecular weight is 367 g/mol. The van der Waals surface area contributed by atoms with Crippen molar-refractivity contribution in [2.45, 2.75) is 32.9 Å². The first-order valence-electron chi connectivity index (χ1n) is 7.37. The van der Waals surface area contributed by atoms with Gasteiger partial charge in [-0.3, -0.25) is 0 Å². The number of hydrogen-bond acceptors (Lipinski definition) is 3. The van der Waals surface area contributed by atoms with Gasteiger partial charge in [0.15, 0.2) is 0 Å². The Labute approximate surface area is 140 Å². The van der Waals surface area contributed by atoms with E-state index in [2.05, 4.69) is 82.8 Å². The summed E-state index contributed by atoms with van der Waals surface area (Å²) >= 11 is 5.30. The van der Waals surface area contributed by atoms with Crippen molar-refractivity contribution in [1.82, 2.24) is 5.32 Å². The molecule has 1 aromatic carbocycles. The van der Waals surface area contributed by atoms with Crippen molar-refractivity contribution in [2.75, 3.05) is 18.5 Å². The molecule has 1 heterocycles. The van der Waals surface area contributed by atoms with Crippen LogP contribution in [0.1, 0.15) is 36.8 Å². The molecular formula is C17H23BrN2S. The molecule has 1 atom stereocenters. The van der Waals surface area contributed by atoms with Gasteiger partial charge in [0.2, 0.25) is 0 Å². The lowest BCUT2D eigenvalue weighted by Crippen LogP contribution is -2.19.